The first-order chi connectivity index (χ1) is 8.11. The Morgan fingerprint density at radius 2 is 2.00 bits per heavy atom. The molecule has 1 saturated carbocycles. The molecule has 1 aliphatic carbocycles. The molecule has 2 nitrogen and oxygen atoms in total. The fraction of sp³-hybridized carbons (Fsp3) is 1.00. The van der Waals surface area contributed by atoms with Gasteiger partial charge in [-0.25, -0.2) is 0 Å². The number of nitrogens with two attached hydrogens (primary N) is 1. The molecule has 0 aromatic carbocycles. The first kappa shape index (κ1) is 13.4. The van der Waals surface area contributed by atoms with Crippen LogP contribution in [0.5, 0.6) is 0 Å². The Kier molecular flexibility index (Phi) is 4.48. The van der Waals surface area contributed by atoms with E-state index >= 15 is 0 Å². The third-order valence-electron chi connectivity index (χ3n) is 4.91. The highest BCUT2D eigenvalue weighted by atomic mass is 15.2. The van der Waals surface area contributed by atoms with Crippen molar-refractivity contribution in [1.82, 2.24) is 4.90 Å². The summed E-state index contributed by atoms with van der Waals surface area (Å²) >= 11 is 0. The molecule has 1 heterocycles. The maximum atomic E-state index is 6.42. The van der Waals surface area contributed by atoms with Crippen LogP contribution in [0.3, 0.4) is 0 Å². The van der Waals surface area contributed by atoms with Crippen LogP contribution in [0, 0.1) is 17.8 Å². The van der Waals surface area contributed by atoms with Gasteiger partial charge in [0.15, 0.2) is 0 Å². The molecule has 0 bridgehead atoms. The van der Waals surface area contributed by atoms with Gasteiger partial charge in [0.05, 0.1) is 0 Å². The van der Waals surface area contributed by atoms with Crippen LogP contribution in [0.2, 0.25) is 0 Å². The van der Waals surface area contributed by atoms with Crippen molar-refractivity contribution in [3.05, 3.63) is 0 Å². The Morgan fingerprint density at radius 3 is 2.65 bits per heavy atom. The summed E-state index contributed by atoms with van der Waals surface area (Å²) < 4.78 is 0. The standard InChI is InChI=1S/C15H30N2/c1-4-5-13-6-7-17(10-13)15-12(3)8-11(2)9-14(15)16/h11-15H,4-10,16H2,1-3H3. The summed E-state index contributed by atoms with van der Waals surface area (Å²) in [4.78, 5) is 2.71. The monoisotopic (exact) mass is 238 g/mol. The minimum atomic E-state index is 0.411. The maximum absolute atomic E-state index is 6.42. The zero-order valence-electron chi connectivity index (χ0n) is 11.9. The van der Waals surface area contributed by atoms with Crippen molar-refractivity contribution in [2.75, 3.05) is 13.1 Å². The van der Waals surface area contributed by atoms with Crippen LogP contribution < -0.4 is 5.73 Å². The molecule has 0 spiro atoms. The Balaban J connectivity index is 1.93. The van der Waals surface area contributed by atoms with E-state index in [1.807, 2.05) is 0 Å². The quantitative estimate of drug-likeness (QED) is 0.819. The van der Waals surface area contributed by atoms with Crippen molar-refractivity contribution in [2.24, 2.45) is 23.5 Å². The average molecular weight is 238 g/mol. The van der Waals surface area contributed by atoms with Crippen LogP contribution in [-0.2, 0) is 0 Å². The fourth-order valence-corrected chi connectivity index (χ4v) is 4.30. The van der Waals surface area contributed by atoms with Gasteiger partial charge in [-0.1, -0.05) is 27.2 Å². The Bertz CT molecular complexity index is 229. The Morgan fingerprint density at radius 1 is 1.24 bits per heavy atom. The molecule has 2 heteroatoms. The first-order valence-corrected chi connectivity index (χ1v) is 7.61. The lowest BCUT2D eigenvalue weighted by Gasteiger charge is -2.43. The van der Waals surface area contributed by atoms with Gasteiger partial charge in [-0.05, 0) is 50.0 Å². The van der Waals surface area contributed by atoms with Crippen molar-refractivity contribution in [2.45, 2.75) is 65.0 Å². The van der Waals surface area contributed by atoms with E-state index in [-0.39, 0.29) is 0 Å². The Labute approximate surface area is 107 Å². The van der Waals surface area contributed by atoms with Crippen molar-refractivity contribution >= 4 is 0 Å². The highest BCUT2D eigenvalue weighted by Gasteiger charge is 2.38. The van der Waals surface area contributed by atoms with Crippen LogP contribution >= 0.6 is 0 Å². The van der Waals surface area contributed by atoms with Crippen molar-refractivity contribution in [1.29, 1.82) is 0 Å². The van der Waals surface area contributed by atoms with Crippen LogP contribution in [0.15, 0.2) is 0 Å². The van der Waals surface area contributed by atoms with Crippen LogP contribution in [0.4, 0.5) is 0 Å². The third-order valence-corrected chi connectivity index (χ3v) is 4.91. The lowest BCUT2D eigenvalue weighted by Crippen LogP contribution is -2.54. The molecule has 2 N–H and O–H groups in total. The molecule has 2 rings (SSSR count). The third kappa shape index (κ3) is 3.03. The number of nitrogens with zero attached hydrogens (tertiary/aromatic N) is 1. The topological polar surface area (TPSA) is 29.3 Å². The van der Waals surface area contributed by atoms with Gasteiger partial charge in [-0.3, -0.25) is 4.90 Å². The molecular formula is C15H30N2. The van der Waals surface area contributed by atoms with Crippen molar-refractivity contribution < 1.29 is 0 Å². The maximum Gasteiger partial charge on any atom is 0.0273 e. The molecule has 100 valence electrons. The molecular weight excluding hydrogens is 208 g/mol. The molecule has 1 aliphatic heterocycles. The molecule has 0 radical (unpaired) electrons. The molecule has 5 unspecified atom stereocenters. The largest absolute Gasteiger partial charge is 0.326 e. The van der Waals surface area contributed by atoms with Gasteiger partial charge in [-0.15, -0.1) is 0 Å². The molecule has 0 aromatic heterocycles. The van der Waals surface area contributed by atoms with E-state index in [0.29, 0.717) is 12.1 Å². The van der Waals surface area contributed by atoms with Crippen LogP contribution in [0.25, 0.3) is 0 Å². The summed E-state index contributed by atoms with van der Waals surface area (Å²) in [6, 6.07) is 1.07. The number of rotatable bonds is 3. The number of hydrogen-bond donors (Lipinski definition) is 1. The highest BCUT2D eigenvalue weighted by Crippen LogP contribution is 2.34. The zero-order valence-corrected chi connectivity index (χ0v) is 11.9. The second-order valence-electron chi connectivity index (χ2n) is 6.65. The van der Waals surface area contributed by atoms with E-state index in [4.69, 9.17) is 5.73 Å². The van der Waals surface area contributed by atoms with Gasteiger partial charge in [0.1, 0.15) is 0 Å². The molecule has 1 saturated heterocycles. The van der Waals surface area contributed by atoms with Crippen LogP contribution in [-0.4, -0.2) is 30.1 Å². The summed E-state index contributed by atoms with van der Waals surface area (Å²) in [5, 5.41) is 0. The Hall–Kier alpha value is -0.0800. The van der Waals surface area contributed by atoms with Gasteiger partial charge >= 0.3 is 0 Å². The van der Waals surface area contributed by atoms with Gasteiger partial charge in [0.2, 0.25) is 0 Å². The normalized spacial score (nSPS) is 44.1. The second-order valence-corrected chi connectivity index (χ2v) is 6.65. The molecule has 17 heavy (non-hydrogen) atoms. The van der Waals surface area contributed by atoms with E-state index in [9.17, 15) is 0 Å². The predicted octanol–water partition coefficient (Wildman–Crippen LogP) is 2.87. The summed E-state index contributed by atoms with van der Waals surface area (Å²) in [6.45, 7) is 9.68. The minimum Gasteiger partial charge on any atom is -0.326 e. The number of likely N-dealkylation sites (tertiary alicyclic amines) is 1. The van der Waals surface area contributed by atoms with Gasteiger partial charge < -0.3 is 5.73 Å². The minimum absolute atomic E-state index is 0.411. The van der Waals surface area contributed by atoms with Crippen molar-refractivity contribution in [3.63, 3.8) is 0 Å². The second kappa shape index (κ2) is 5.71. The van der Waals surface area contributed by atoms with Crippen LogP contribution in [0.1, 0.15) is 52.9 Å². The summed E-state index contributed by atoms with van der Waals surface area (Å²) in [7, 11) is 0. The van der Waals surface area contributed by atoms with Gasteiger partial charge in [-0.2, -0.15) is 0 Å². The zero-order chi connectivity index (χ0) is 12.4. The summed E-state index contributed by atoms with van der Waals surface area (Å²) in [6.07, 6.45) is 6.74. The van der Waals surface area contributed by atoms with Gasteiger partial charge in [0.25, 0.3) is 0 Å². The van der Waals surface area contributed by atoms with E-state index in [1.54, 1.807) is 0 Å². The SMILES string of the molecule is CCCC1CCN(C2C(C)CC(C)CC2N)C1. The number of hydrogen-bond acceptors (Lipinski definition) is 2. The summed E-state index contributed by atoms with van der Waals surface area (Å²) in [5.74, 6) is 2.55. The highest BCUT2D eigenvalue weighted by molar-refractivity contribution is 4.94. The lowest BCUT2D eigenvalue weighted by molar-refractivity contribution is 0.0915. The van der Waals surface area contributed by atoms with Crippen molar-refractivity contribution in [3.8, 4) is 0 Å². The van der Waals surface area contributed by atoms with E-state index in [1.165, 1.54) is 45.2 Å². The molecule has 0 aromatic rings. The molecule has 2 aliphatic rings. The molecule has 2 fully saturated rings. The van der Waals surface area contributed by atoms with E-state index < -0.39 is 0 Å². The van der Waals surface area contributed by atoms with E-state index in [2.05, 4.69) is 25.7 Å². The average Bonchev–Trinajstić information content (AvgIpc) is 2.65. The fourth-order valence-electron chi connectivity index (χ4n) is 4.30. The summed E-state index contributed by atoms with van der Waals surface area (Å²) in [5.41, 5.74) is 6.42. The first-order valence-electron chi connectivity index (χ1n) is 7.61. The predicted molar refractivity (Wildman–Crippen MR) is 73.9 cm³/mol. The smallest absolute Gasteiger partial charge is 0.0273 e. The van der Waals surface area contributed by atoms with E-state index in [0.717, 1.165) is 17.8 Å². The molecule has 5 atom stereocenters. The van der Waals surface area contributed by atoms with Gasteiger partial charge in [0, 0.05) is 18.6 Å². The lowest BCUT2D eigenvalue weighted by atomic mass is 9.76. The molecule has 0 amide bonds.